The smallest absolute Gasteiger partial charge is 0.208 e. The number of benzene rings is 1. The summed E-state index contributed by atoms with van der Waals surface area (Å²) in [4.78, 5) is 0. The van der Waals surface area contributed by atoms with Gasteiger partial charge in [-0.2, -0.15) is 0 Å². The molecule has 1 aromatic rings. The van der Waals surface area contributed by atoms with Crippen molar-refractivity contribution >= 4 is 21.6 Å². The molecule has 7 heteroatoms. The normalized spacial score (nSPS) is 12.7. The maximum atomic E-state index is 13.0. The summed E-state index contributed by atoms with van der Waals surface area (Å²) in [6, 6.07) is 4.31. The van der Waals surface area contributed by atoms with Crippen LogP contribution in [0, 0.1) is 5.82 Å². The zero-order valence-corrected chi connectivity index (χ0v) is 13.4. The van der Waals surface area contributed by atoms with E-state index in [1.54, 1.807) is 6.07 Å². The van der Waals surface area contributed by atoms with Crippen LogP contribution in [0.4, 0.5) is 4.39 Å². The Morgan fingerprint density at radius 3 is 2.50 bits per heavy atom. The Hall–Kier alpha value is -0.690. The summed E-state index contributed by atoms with van der Waals surface area (Å²) in [6.07, 6.45) is 1.78. The largest absolute Gasteiger partial charge is 0.308 e. The number of hydrogen-bond acceptors (Lipinski definition) is 3. The van der Waals surface area contributed by atoms with Crippen molar-refractivity contribution in [1.29, 1.82) is 0 Å². The van der Waals surface area contributed by atoms with Crippen molar-refractivity contribution in [2.45, 2.75) is 25.8 Å². The van der Waals surface area contributed by atoms with Gasteiger partial charge in [0.1, 0.15) is 5.82 Å². The van der Waals surface area contributed by atoms with Crippen molar-refractivity contribution in [3.05, 3.63) is 34.6 Å². The highest BCUT2D eigenvalue weighted by molar-refractivity contribution is 7.88. The number of nitrogens with one attached hydrogen (secondary N) is 2. The Morgan fingerprint density at radius 2 is 1.95 bits per heavy atom. The monoisotopic (exact) mass is 322 g/mol. The highest BCUT2D eigenvalue weighted by atomic mass is 35.5. The molecule has 0 unspecified atom stereocenters. The molecule has 0 aliphatic heterocycles. The predicted octanol–water partition coefficient (Wildman–Crippen LogP) is 2.24. The van der Waals surface area contributed by atoms with E-state index in [4.69, 9.17) is 11.6 Å². The van der Waals surface area contributed by atoms with Gasteiger partial charge < -0.3 is 5.32 Å². The van der Waals surface area contributed by atoms with Gasteiger partial charge in [-0.3, -0.25) is 0 Å². The van der Waals surface area contributed by atoms with Crippen molar-refractivity contribution in [2.75, 3.05) is 19.3 Å². The second-order valence-corrected chi connectivity index (χ2v) is 7.44. The van der Waals surface area contributed by atoms with Gasteiger partial charge in [-0.05, 0) is 44.5 Å². The van der Waals surface area contributed by atoms with E-state index in [2.05, 4.69) is 10.0 Å². The third-order valence-electron chi connectivity index (χ3n) is 2.89. The van der Waals surface area contributed by atoms with Crippen molar-refractivity contribution in [3.63, 3.8) is 0 Å². The van der Waals surface area contributed by atoms with Gasteiger partial charge in [-0.25, -0.2) is 17.5 Å². The minimum Gasteiger partial charge on any atom is -0.308 e. The van der Waals surface area contributed by atoms with Gasteiger partial charge in [0.2, 0.25) is 10.0 Å². The summed E-state index contributed by atoms with van der Waals surface area (Å²) in [5.74, 6) is -0.369. The quantitative estimate of drug-likeness (QED) is 0.757. The number of halogens is 2. The van der Waals surface area contributed by atoms with Crippen LogP contribution in [0.3, 0.4) is 0 Å². The van der Waals surface area contributed by atoms with Gasteiger partial charge in [0.05, 0.1) is 6.26 Å². The second-order valence-electron chi connectivity index (χ2n) is 5.20. The Morgan fingerprint density at radius 1 is 1.30 bits per heavy atom. The van der Waals surface area contributed by atoms with Crippen LogP contribution in [-0.4, -0.2) is 27.8 Å². The maximum absolute atomic E-state index is 13.0. The molecular formula is C13H20ClFN2O2S. The lowest BCUT2D eigenvalue weighted by Gasteiger charge is -2.28. The average molecular weight is 323 g/mol. The molecule has 0 saturated carbocycles. The van der Waals surface area contributed by atoms with Crippen LogP contribution in [0.1, 0.15) is 25.8 Å². The summed E-state index contributed by atoms with van der Waals surface area (Å²) in [6.45, 7) is 4.87. The fourth-order valence-corrected chi connectivity index (χ4v) is 2.76. The first-order chi connectivity index (χ1) is 9.12. The van der Waals surface area contributed by atoms with Crippen molar-refractivity contribution in [3.8, 4) is 0 Å². The summed E-state index contributed by atoms with van der Waals surface area (Å²) in [7, 11) is -3.14. The van der Waals surface area contributed by atoms with Gasteiger partial charge in [-0.15, -0.1) is 0 Å². The highest BCUT2D eigenvalue weighted by Crippen LogP contribution is 2.28. The van der Waals surface area contributed by atoms with Gasteiger partial charge in [0.15, 0.2) is 0 Å². The molecule has 0 fully saturated rings. The third-order valence-corrected chi connectivity index (χ3v) is 3.93. The molecule has 0 amide bonds. The van der Waals surface area contributed by atoms with E-state index in [9.17, 15) is 12.8 Å². The Balaban J connectivity index is 2.53. The molecule has 0 saturated heterocycles. The number of hydrogen-bond donors (Lipinski definition) is 2. The maximum Gasteiger partial charge on any atom is 0.208 e. The second kappa shape index (κ2) is 6.85. The molecule has 0 bridgehead atoms. The predicted molar refractivity (Wildman–Crippen MR) is 79.9 cm³/mol. The van der Waals surface area contributed by atoms with Crippen LogP contribution in [0.5, 0.6) is 0 Å². The summed E-state index contributed by atoms with van der Waals surface area (Å²) < 4.78 is 37.3. The number of sulfonamides is 1. The van der Waals surface area contributed by atoms with Crippen molar-refractivity contribution < 1.29 is 12.8 Å². The molecule has 20 heavy (non-hydrogen) atoms. The fourth-order valence-electron chi connectivity index (χ4n) is 1.84. The molecule has 4 nitrogen and oxygen atoms in total. The van der Waals surface area contributed by atoms with Gasteiger partial charge in [0.25, 0.3) is 0 Å². The molecule has 0 aliphatic carbocycles. The van der Waals surface area contributed by atoms with Gasteiger partial charge in [0, 0.05) is 17.1 Å². The molecule has 0 atom stereocenters. The first kappa shape index (κ1) is 17.4. The van der Waals surface area contributed by atoms with Crippen LogP contribution >= 0.6 is 11.6 Å². The van der Waals surface area contributed by atoms with Crippen LogP contribution in [0.25, 0.3) is 0 Å². The van der Waals surface area contributed by atoms with E-state index in [1.807, 2.05) is 13.8 Å². The third kappa shape index (κ3) is 5.75. The van der Waals surface area contributed by atoms with E-state index in [1.165, 1.54) is 12.1 Å². The topological polar surface area (TPSA) is 58.2 Å². The Kier molecular flexibility index (Phi) is 5.94. The van der Waals surface area contributed by atoms with Crippen molar-refractivity contribution in [1.82, 2.24) is 10.0 Å². The van der Waals surface area contributed by atoms with E-state index in [0.717, 1.165) is 11.8 Å². The SMILES string of the molecule is CC(C)(NCCCNS(C)(=O)=O)c1ccc(F)cc1Cl. The lowest BCUT2D eigenvalue weighted by atomic mass is 9.94. The van der Waals surface area contributed by atoms with Crippen LogP contribution in [0.15, 0.2) is 18.2 Å². The lowest BCUT2D eigenvalue weighted by molar-refractivity contribution is 0.400. The van der Waals surface area contributed by atoms with Crippen molar-refractivity contribution in [2.24, 2.45) is 0 Å². The minimum absolute atomic E-state index is 0.369. The molecule has 2 N–H and O–H groups in total. The minimum atomic E-state index is -3.14. The highest BCUT2D eigenvalue weighted by Gasteiger charge is 2.22. The molecule has 0 aromatic heterocycles. The first-order valence-corrected chi connectivity index (χ1v) is 8.54. The number of rotatable bonds is 7. The first-order valence-electron chi connectivity index (χ1n) is 6.27. The van der Waals surface area contributed by atoms with E-state index < -0.39 is 15.6 Å². The van der Waals surface area contributed by atoms with Gasteiger partial charge in [-0.1, -0.05) is 17.7 Å². The zero-order chi connectivity index (χ0) is 15.4. The summed E-state index contributed by atoms with van der Waals surface area (Å²) >= 11 is 6.04. The molecule has 114 valence electrons. The van der Waals surface area contributed by atoms with E-state index >= 15 is 0 Å². The molecule has 0 heterocycles. The van der Waals surface area contributed by atoms with Crippen LogP contribution in [-0.2, 0) is 15.6 Å². The zero-order valence-electron chi connectivity index (χ0n) is 11.8. The average Bonchev–Trinajstić information content (AvgIpc) is 2.26. The molecule has 1 aromatic carbocycles. The summed E-state index contributed by atoms with van der Waals surface area (Å²) in [5.41, 5.74) is 0.382. The molecule has 0 aliphatic rings. The molecule has 1 rings (SSSR count). The van der Waals surface area contributed by atoms with Gasteiger partial charge >= 0.3 is 0 Å². The fraction of sp³-hybridized carbons (Fsp3) is 0.538. The summed E-state index contributed by atoms with van der Waals surface area (Å²) in [5, 5.41) is 3.65. The standard InChI is InChI=1S/C13H20ClFN2O2S/c1-13(2,11-6-5-10(15)9-12(11)14)16-7-4-8-17-20(3,18)19/h5-6,9,16-17H,4,7-8H2,1-3H3. The molecule has 0 radical (unpaired) electrons. The van der Waals surface area contributed by atoms with E-state index in [-0.39, 0.29) is 5.82 Å². The van der Waals surface area contributed by atoms with Crippen LogP contribution < -0.4 is 10.0 Å². The lowest BCUT2D eigenvalue weighted by Crippen LogP contribution is -2.38. The molecular weight excluding hydrogens is 303 g/mol. The van der Waals surface area contributed by atoms with Crippen LogP contribution in [0.2, 0.25) is 5.02 Å². The molecule has 0 spiro atoms. The Labute approximate surface area is 124 Å². The van der Waals surface area contributed by atoms with E-state index in [0.29, 0.717) is 24.5 Å². The Bertz CT molecular complexity index is 561.